The van der Waals surface area contributed by atoms with Crippen LogP contribution in [0.1, 0.15) is 105 Å². The Balaban J connectivity index is 1.02. The van der Waals surface area contributed by atoms with Crippen molar-refractivity contribution in [3.63, 3.8) is 0 Å². The van der Waals surface area contributed by atoms with E-state index >= 15 is 0 Å². The van der Waals surface area contributed by atoms with Crippen molar-refractivity contribution in [3.8, 4) is 22.3 Å². The number of benzene rings is 11. The van der Waals surface area contributed by atoms with Gasteiger partial charge in [0.05, 0.1) is 0 Å². The van der Waals surface area contributed by atoms with Crippen molar-refractivity contribution in [3.05, 3.63) is 241 Å². The highest BCUT2D eigenvalue weighted by molar-refractivity contribution is 6.31. The lowest BCUT2D eigenvalue weighted by molar-refractivity contribution is 0.590. The van der Waals surface area contributed by atoms with Crippen molar-refractivity contribution in [2.24, 2.45) is 0 Å². The van der Waals surface area contributed by atoms with Crippen molar-refractivity contribution < 1.29 is 8.83 Å². The van der Waals surface area contributed by atoms with Gasteiger partial charge in [-0.05, 0) is 174 Å². The third-order valence-corrected chi connectivity index (χ3v) is 16.8. The summed E-state index contributed by atoms with van der Waals surface area (Å²) < 4.78 is 14.6. The van der Waals surface area contributed by atoms with Crippen LogP contribution in [0.3, 0.4) is 0 Å². The minimum absolute atomic E-state index is 0.0375. The summed E-state index contributed by atoms with van der Waals surface area (Å²) in [5.74, 6) is 0. The van der Waals surface area contributed by atoms with E-state index < -0.39 is 0 Å². The van der Waals surface area contributed by atoms with Gasteiger partial charge in [0.2, 0.25) is 0 Å². The van der Waals surface area contributed by atoms with Crippen LogP contribution in [0, 0.1) is 0 Å². The van der Waals surface area contributed by atoms with Gasteiger partial charge >= 0.3 is 0 Å². The van der Waals surface area contributed by atoms with Gasteiger partial charge in [-0.2, -0.15) is 0 Å². The molecule has 82 heavy (non-hydrogen) atoms. The molecule has 2 heterocycles. The molecule has 13 rings (SSSR count). The number of rotatable bonds is 8. The van der Waals surface area contributed by atoms with E-state index in [1.807, 2.05) is 0 Å². The molecule has 0 amide bonds. The van der Waals surface area contributed by atoms with Crippen LogP contribution in [-0.2, 0) is 21.7 Å². The second kappa shape index (κ2) is 19.4. The Kier molecular flexibility index (Phi) is 12.4. The van der Waals surface area contributed by atoms with Gasteiger partial charge in [-0.15, -0.1) is 0 Å². The first-order valence-corrected chi connectivity index (χ1v) is 29.1. The average molecular weight is 1070 g/mol. The Hall–Kier alpha value is -8.86. The molecule has 0 radical (unpaired) electrons. The fourth-order valence-electron chi connectivity index (χ4n) is 12.1. The molecular weight excluding hydrogens is 997 g/mol. The van der Waals surface area contributed by atoms with E-state index in [1.165, 1.54) is 22.3 Å². The Bertz CT molecular complexity index is 4130. The fourth-order valence-corrected chi connectivity index (χ4v) is 12.1. The first-order valence-electron chi connectivity index (χ1n) is 29.1. The maximum Gasteiger partial charge on any atom is 0.179 e. The first-order chi connectivity index (χ1) is 39.2. The molecular formula is C78H72N2O2. The molecule has 0 aliphatic carbocycles. The quantitative estimate of drug-likeness (QED) is 0.152. The predicted octanol–water partition coefficient (Wildman–Crippen LogP) is 23.3. The molecule has 4 heteroatoms. The van der Waals surface area contributed by atoms with Gasteiger partial charge in [0.1, 0.15) is 11.2 Å². The third-order valence-electron chi connectivity index (χ3n) is 16.8. The molecule has 0 saturated carbocycles. The molecule has 0 spiro atoms. The predicted molar refractivity (Wildman–Crippen MR) is 351 cm³/mol. The fraction of sp³-hybridized carbons (Fsp3) is 0.205. The van der Waals surface area contributed by atoms with Crippen molar-refractivity contribution in [1.82, 2.24) is 0 Å². The second-order valence-electron chi connectivity index (χ2n) is 26.7. The van der Waals surface area contributed by atoms with Crippen LogP contribution in [0.5, 0.6) is 0 Å². The smallest absolute Gasteiger partial charge is 0.179 e. The lowest BCUT2D eigenvalue weighted by Crippen LogP contribution is -2.14. The number of hydrogen-bond donors (Lipinski definition) is 0. The molecule has 0 atom stereocenters. The molecule has 2 aromatic heterocycles. The standard InChI is InChI=1S/C78H72N2O2/c1-75(2,3)55-25-35-59(36-26-55)79(60-37-27-56(28-38-60)76(4,5)6)63-33-23-51-45-65-67(47-53(51)43-63)81-73-71(65)69(49-19-15-13-16-20-49)70(50-21-17-14-18-22-50)72-66-46-52-24-34-64(44-54(52)48-68(66)82-74(72)73)80(61-39-29-57(30-40-61)77(7,8)9)62-41-31-58(32-42-62)78(10,11)12/h13-48H,1-12H3. The van der Waals surface area contributed by atoms with Gasteiger partial charge in [-0.1, -0.05) is 204 Å². The van der Waals surface area contributed by atoms with Crippen molar-refractivity contribution in [2.75, 3.05) is 9.80 Å². The molecule has 0 unspecified atom stereocenters. The monoisotopic (exact) mass is 1070 g/mol. The topological polar surface area (TPSA) is 32.8 Å². The van der Waals surface area contributed by atoms with E-state index in [9.17, 15) is 0 Å². The lowest BCUT2D eigenvalue weighted by Gasteiger charge is -2.28. The van der Waals surface area contributed by atoms with Crippen LogP contribution >= 0.6 is 0 Å². The zero-order chi connectivity index (χ0) is 57.0. The molecule has 13 aromatic rings. The van der Waals surface area contributed by atoms with Crippen molar-refractivity contribution >= 4 is 99.5 Å². The highest BCUT2D eigenvalue weighted by Gasteiger charge is 2.28. The summed E-state index contributed by atoms with van der Waals surface area (Å²) in [4.78, 5) is 4.75. The van der Waals surface area contributed by atoms with E-state index in [-0.39, 0.29) is 21.7 Å². The largest absolute Gasteiger partial charge is 0.452 e. The molecule has 406 valence electrons. The summed E-state index contributed by atoms with van der Waals surface area (Å²) >= 11 is 0. The number of furan rings is 2. The summed E-state index contributed by atoms with van der Waals surface area (Å²) in [6, 6.07) is 80.7. The maximum absolute atomic E-state index is 7.31. The summed E-state index contributed by atoms with van der Waals surface area (Å²) in [6.45, 7) is 27.2. The van der Waals surface area contributed by atoms with Crippen LogP contribution in [0.25, 0.3) is 87.7 Å². The zero-order valence-corrected chi connectivity index (χ0v) is 49.5. The Morgan fingerprint density at radius 2 is 0.549 bits per heavy atom. The maximum atomic E-state index is 7.31. The Labute approximate surface area is 483 Å². The normalized spacial score (nSPS) is 12.6. The Morgan fingerprint density at radius 1 is 0.268 bits per heavy atom. The van der Waals surface area contributed by atoms with E-state index in [0.717, 1.165) is 122 Å². The molecule has 4 nitrogen and oxygen atoms in total. The average Bonchev–Trinajstić information content (AvgIpc) is 1.94. The minimum atomic E-state index is 0.0375. The molecule has 11 aromatic carbocycles. The van der Waals surface area contributed by atoms with Gasteiger partial charge in [0.15, 0.2) is 11.2 Å². The summed E-state index contributed by atoms with van der Waals surface area (Å²) in [5.41, 5.74) is 19.5. The van der Waals surface area contributed by atoms with Gasteiger partial charge in [-0.3, -0.25) is 0 Å². The second-order valence-corrected chi connectivity index (χ2v) is 26.7. The molecule has 0 fully saturated rings. The van der Waals surface area contributed by atoms with E-state index in [1.54, 1.807) is 0 Å². The lowest BCUT2D eigenvalue weighted by atomic mass is 9.86. The molecule has 0 N–H and O–H groups in total. The SMILES string of the molecule is CC(C)(C)c1ccc(N(c2ccc(C(C)(C)C)cc2)c2ccc3cc4c(cc3c2)oc2c3oc5cc6cc(N(c7ccc(C(C)(C)C)cc7)c7ccc(C(C)(C)C)cc7)ccc6cc5c3c(-c3ccccc3)c(-c3ccccc3)c42)cc1. The van der Waals surface area contributed by atoms with Crippen molar-refractivity contribution in [1.29, 1.82) is 0 Å². The molecule has 0 bridgehead atoms. The van der Waals surface area contributed by atoms with Crippen LogP contribution < -0.4 is 9.80 Å². The van der Waals surface area contributed by atoms with Crippen LogP contribution in [0.2, 0.25) is 0 Å². The Morgan fingerprint density at radius 3 is 0.829 bits per heavy atom. The van der Waals surface area contributed by atoms with Crippen LogP contribution in [0.4, 0.5) is 34.1 Å². The highest BCUT2D eigenvalue weighted by atomic mass is 16.4. The summed E-state index contributed by atoms with van der Waals surface area (Å²) in [5, 5.41) is 8.59. The minimum Gasteiger partial charge on any atom is -0.452 e. The molecule has 0 aliphatic rings. The van der Waals surface area contributed by atoms with Crippen molar-refractivity contribution in [2.45, 2.75) is 105 Å². The third kappa shape index (κ3) is 9.38. The van der Waals surface area contributed by atoms with Gasteiger partial charge < -0.3 is 18.6 Å². The summed E-state index contributed by atoms with van der Waals surface area (Å²) in [7, 11) is 0. The first kappa shape index (κ1) is 52.5. The zero-order valence-electron chi connectivity index (χ0n) is 49.5. The molecule has 0 saturated heterocycles. The van der Waals surface area contributed by atoms with E-state index in [0.29, 0.717) is 0 Å². The molecule has 0 aliphatic heterocycles. The number of nitrogens with zero attached hydrogens (tertiary/aromatic N) is 2. The number of anilines is 6. The van der Waals surface area contributed by atoms with E-state index in [2.05, 4.69) is 311 Å². The number of fused-ring (bicyclic) bond motifs is 9. The van der Waals surface area contributed by atoms with E-state index in [4.69, 9.17) is 8.83 Å². The highest BCUT2D eigenvalue weighted by Crippen LogP contribution is 2.52. The van der Waals surface area contributed by atoms with Gasteiger partial charge in [-0.25, -0.2) is 0 Å². The van der Waals surface area contributed by atoms with Gasteiger partial charge in [0.25, 0.3) is 0 Å². The number of hydrogen-bond acceptors (Lipinski definition) is 4. The van der Waals surface area contributed by atoms with Crippen LogP contribution in [-0.4, -0.2) is 0 Å². The van der Waals surface area contributed by atoms with Crippen LogP contribution in [0.15, 0.2) is 227 Å². The summed E-state index contributed by atoms with van der Waals surface area (Å²) in [6.07, 6.45) is 0. The van der Waals surface area contributed by atoms with Gasteiger partial charge in [0, 0.05) is 66.8 Å².